The van der Waals surface area contributed by atoms with Crippen molar-refractivity contribution in [2.45, 2.75) is 45.2 Å². The number of rotatable bonds is 7. The SMILES string of the molecule is CCC(N)(CC)CNC(=O)CCn1[nH]c(=O)c2ccccc2c1=O.Cl. The van der Waals surface area contributed by atoms with Gasteiger partial charge in [0.05, 0.1) is 17.3 Å². The summed E-state index contributed by atoms with van der Waals surface area (Å²) in [6, 6.07) is 6.61. The lowest BCUT2D eigenvalue weighted by Crippen LogP contribution is -2.49. The van der Waals surface area contributed by atoms with Gasteiger partial charge >= 0.3 is 0 Å². The molecule has 0 aliphatic carbocycles. The number of carbonyl (C=O) groups is 1. The second-order valence-corrected chi connectivity index (χ2v) is 6.04. The standard InChI is InChI=1S/C17H24N4O3.ClH/c1-3-17(18,4-2)11-19-14(22)9-10-21-16(24)13-8-6-5-7-12(13)15(23)20-21;/h5-8H,3-4,9-11,18H2,1-2H3,(H,19,22)(H,20,23);1H. The number of H-pyrrole nitrogens is 1. The predicted octanol–water partition coefficient (Wildman–Crippen LogP) is 1.14. The van der Waals surface area contributed by atoms with Crippen molar-refractivity contribution >= 4 is 29.1 Å². The van der Waals surface area contributed by atoms with E-state index in [1.165, 1.54) is 4.68 Å². The molecule has 4 N–H and O–H groups in total. The predicted molar refractivity (Wildman–Crippen MR) is 101 cm³/mol. The highest BCUT2D eigenvalue weighted by atomic mass is 35.5. The lowest BCUT2D eigenvalue weighted by molar-refractivity contribution is -0.121. The molecule has 2 aromatic rings. The molecular weight excluding hydrogens is 344 g/mol. The van der Waals surface area contributed by atoms with Gasteiger partial charge in [-0.15, -0.1) is 12.4 Å². The van der Waals surface area contributed by atoms with Crippen LogP contribution in [-0.4, -0.2) is 27.8 Å². The number of nitrogens with two attached hydrogens (primary N) is 1. The fraction of sp³-hybridized carbons (Fsp3) is 0.471. The molecule has 1 aromatic carbocycles. The molecule has 7 nitrogen and oxygen atoms in total. The lowest BCUT2D eigenvalue weighted by Gasteiger charge is -2.26. The van der Waals surface area contributed by atoms with Crippen LogP contribution in [0.4, 0.5) is 0 Å². The fourth-order valence-electron chi connectivity index (χ4n) is 2.48. The van der Waals surface area contributed by atoms with E-state index in [4.69, 9.17) is 5.73 Å². The Kier molecular flexibility index (Phi) is 7.38. The molecule has 0 unspecified atom stereocenters. The van der Waals surface area contributed by atoms with Gasteiger partial charge in [-0.05, 0) is 25.0 Å². The second kappa shape index (κ2) is 8.82. The van der Waals surface area contributed by atoms with Crippen LogP contribution in [0.2, 0.25) is 0 Å². The van der Waals surface area contributed by atoms with E-state index in [2.05, 4.69) is 10.4 Å². The Labute approximate surface area is 152 Å². The molecule has 2 rings (SSSR count). The molecule has 1 amide bonds. The summed E-state index contributed by atoms with van der Waals surface area (Å²) in [6.45, 7) is 4.46. The van der Waals surface area contributed by atoms with Crippen LogP contribution in [0.5, 0.6) is 0 Å². The van der Waals surface area contributed by atoms with Crippen molar-refractivity contribution in [3.8, 4) is 0 Å². The Morgan fingerprint density at radius 3 is 2.40 bits per heavy atom. The number of nitrogens with zero attached hydrogens (tertiary/aromatic N) is 1. The molecule has 0 fully saturated rings. The van der Waals surface area contributed by atoms with E-state index >= 15 is 0 Å². The van der Waals surface area contributed by atoms with E-state index in [9.17, 15) is 14.4 Å². The van der Waals surface area contributed by atoms with Gasteiger partial charge in [-0.1, -0.05) is 26.0 Å². The number of benzene rings is 1. The number of halogens is 1. The zero-order valence-corrected chi connectivity index (χ0v) is 15.3. The zero-order valence-electron chi connectivity index (χ0n) is 14.5. The van der Waals surface area contributed by atoms with Crippen LogP contribution in [0, 0.1) is 0 Å². The maximum Gasteiger partial charge on any atom is 0.273 e. The highest BCUT2D eigenvalue weighted by molar-refractivity contribution is 5.85. The van der Waals surface area contributed by atoms with E-state index in [-0.39, 0.29) is 42.4 Å². The van der Waals surface area contributed by atoms with Gasteiger partial charge < -0.3 is 11.1 Å². The maximum absolute atomic E-state index is 12.3. The van der Waals surface area contributed by atoms with Crippen molar-refractivity contribution in [2.24, 2.45) is 5.73 Å². The monoisotopic (exact) mass is 368 g/mol. The maximum atomic E-state index is 12.3. The van der Waals surface area contributed by atoms with E-state index in [0.29, 0.717) is 17.3 Å². The number of aromatic amines is 1. The number of hydrogen-bond donors (Lipinski definition) is 3. The average molecular weight is 369 g/mol. The number of fused-ring (bicyclic) bond motifs is 1. The largest absolute Gasteiger partial charge is 0.354 e. The topological polar surface area (TPSA) is 110 Å². The van der Waals surface area contributed by atoms with E-state index < -0.39 is 5.54 Å². The van der Waals surface area contributed by atoms with Gasteiger partial charge in [-0.2, -0.15) is 0 Å². The van der Waals surface area contributed by atoms with E-state index in [1.807, 2.05) is 13.8 Å². The Morgan fingerprint density at radius 2 is 1.80 bits per heavy atom. The molecular formula is C17H25ClN4O3. The van der Waals surface area contributed by atoms with Crippen LogP contribution in [0.1, 0.15) is 33.1 Å². The molecule has 0 spiro atoms. The highest BCUT2D eigenvalue weighted by Gasteiger charge is 2.20. The summed E-state index contributed by atoms with van der Waals surface area (Å²) in [6.07, 6.45) is 1.63. The van der Waals surface area contributed by atoms with Crippen molar-refractivity contribution in [1.82, 2.24) is 15.1 Å². The van der Waals surface area contributed by atoms with Gasteiger partial charge in [-0.3, -0.25) is 19.5 Å². The summed E-state index contributed by atoms with van der Waals surface area (Å²) in [7, 11) is 0. The van der Waals surface area contributed by atoms with Crippen LogP contribution >= 0.6 is 12.4 Å². The molecule has 25 heavy (non-hydrogen) atoms. The molecule has 0 aliphatic heterocycles. The Morgan fingerprint density at radius 1 is 1.20 bits per heavy atom. The van der Waals surface area contributed by atoms with Gasteiger partial charge in [-0.25, -0.2) is 4.68 Å². The summed E-state index contributed by atoms with van der Waals surface area (Å²) in [5.74, 6) is -0.201. The van der Waals surface area contributed by atoms with Crippen LogP contribution in [0.3, 0.4) is 0 Å². The molecule has 138 valence electrons. The van der Waals surface area contributed by atoms with Crippen molar-refractivity contribution in [2.75, 3.05) is 6.54 Å². The third-order valence-corrected chi connectivity index (χ3v) is 4.49. The molecule has 1 aromatic heterocycles. The molecule has 0 aliphatic rings. The van der Waals surface area contributed by atoms with Gasteiger partial charge in [0.1, 0.15) is 0 Å². The number of nitrogens with one attached hydrogen (secondary N) is 2. The Hall–Kier alpha value is -2.12. The quantitative estimate of drug-likeness (QED) is 0.680. The van der Waals surface area contributed by atoms with Crippen LogP contribution in [0.25, 0.3) is 10.8 Å². The minimum absolute atomic E-state index is 0. The first kappa shape index (κ1) is 20.9. The average Bonchev–Trinajstić information content (AvgIpc) is 2.61. The highest BCUT2D eigenvalue weighted by Crippen LogP contribution is 2.09. The van der Waals surface area contributed by atoms with Gasteiger partial charge in [0.25, 0.3) is 11.1 Å². The molecule has 0 radical (unpaired) electrons. The number of aryl methyl sites for hydroxylation is 1. The molecule has 0 saturated carbocycles. The summed E-state index contributed by atoms with van der Waals surface area (Å²) in [5.41, 5.74) is 5.07. The summed E-state index contributed by atoms with van der Waals surface area (Å²) >= 11 is 0. The second-order valence-electron chi connectivity index (χ2n) is 6.04. The molecule has 0 saturated heterocycles. The van der Waals surface area contributed by atoms with Crippen LogP contribution < -0.4 is 22.2 Å². The van der Waals surface area contributed by atoms with Crippen LogP contribution in [0.15, 0.2) is 33.9 Å². The lowest BCUT2D eigenvalue weighted by atomic mass is 9.94. The summed E-state index contributed by atoms with van der Waals surface area (Å²) < 4.78 is 1.18. The van der Waals surface area contributed by atoms with Gasteiger partial charge in [0, 0.05) is 18.5 Å². The molecule has 8 heteroatoms. The Bertz CT molecular complexity index is 840. The first-order valence-electron chi connectivity index (χ1n) is 8.17. The van der Waals surface area contributed by atoms with E-state index in [0.717, 1.165) is 12.8 Å². The zero-order chi connectivity index (χ0) is 17.7. The van der Waals surface area contributed by atoms with Crippen molar-refractivity contribution in [3.63, 3.8) is 0 Å². The number of carbonyl (C=O) groups excluding carboxylic acids is 1. The van der Waals surface area contributed by atoms with Crippen molar-refractivity contribution < 1.29 is 4.79 Å². The van der Waals surface area contributed by atoms with Crippen LogP contribution in [-0.2, 0) is 11.3 Å². The smallest absolute Gasteiger partial charge is 0.273 e. The van der Waals surface area contributed by atoms with Gasteiger partial charge in [0.15, 0.2) is 0 Å². The van der Waals surface area contributed by atoms with E-state index in [1.54, 1.807) is 24.3 Å². The Balaban J connectivity index is 0.00000312. The summed E-state index contributed by atoms with van der Waals surface area (Å²) in [5, 5.41) is 6.00. The number of aromatic nitrogens is 2. The van der Waals surface area contributed by atoms with Crippen molar-refractivity contribution in [1.29, 1.82) is 0 Å². The molecule has 1 heterocycles. The third kappa shape index (κ3) is 4.93. The minimum Gasteiger partial charge on any atom is -0.354 e. The first-order chi connectivity index (χ1) is 11.4. The minimum atomic E-state index is -0.413. The fourth-order valence-corrected chi connectivity index (χ4v) is 2.48. The number of amides is 1. The third-order valence-electron chi connectivity index (χ3n) is 4.49. The normalized spacial score (nSPS) is 11.2. The summed E-state index contributed by atoms with van der Waals surface area (Å²) in [4.78, 5) is 36.3. The number of hydrogen-bond acceptors (Lipinski definition) is 4. The first-order valence-corrected chi connectivity index (χ1v) is 8.17. The molecule has 0 bridgehead atoms. The van der Waals surface area contributed by atoms with Gasteiger partial charge in [0.2, 0.25) is 5.91 Å². The molecule has 0 atom stereocenters. The van der Waals surface area contributed by atoms with Crippen molar-refractivity contribution in [3.05, 3.63) is 45.0 Å².